The zero-order valence-electron chi connectivity index (χ0n) is 22.6. The first-order chi connectivity index (χ1) is 19.5. The lowest BCUT2D eigenvalue weighted by Gasteiger charge is -2.40. The van der Waals surface area contributed by atoms with Gasteiger partial charge in [-0.05, 0) is 37.1 Å². The smallest absolute Gasteiger partial charge is 0.323 e. The van der Waals surface area contributed by atoms with Gasteiger partial charge in [0.2, 0.25) is 11.8 Å². The highest BCUT2D eigenvalue weighted by Crippen LogP contribution is 2.17. The second-order valence-electron chi connectivity index (χ2n) is 9.32. The molecule has 0 aromatic heterocycles. The summed E-state index contributed by atoms with van der Waals surface area (Å²) in [6.45, 7) is -0.591. The van der Waals surface area contributed by atoms with Crippen molar-refractivity contribution in [2.24, 2.45) is 11.5 Å². The molecular formula is C27H33ClN8O6. The van der Waals surface area contributed by atoms with E-state index in [0.29, 0.717) is 23.1 Å². The predicted octanol–water partition coefficient (Wildman–Crippen LogP) is -0.259. The van der Waals surface area contributed by atoms with Crippen LogP contribution in [0.1, 0.15) is 44.7 Å². The van der Waals surface area contributed by atoms with Crippen LogP contribution in [0.5, 0.6) is 0 Å². The summed E-state index contributed by atoms with van der Waals surface area (Å²) in [5.41, 5.74) is 12.4. The Hall–Kier alpha value is -4.98. The van der Waals surface area contributed by atoms with E-state index < -0.39 is 36.3 Å². The minimum atomic E-state index is -1.18. The number of rotatable bonds is 12. The predicted molar refractivity (Wildman–Crippen MR) is 156 cm³/mol. The molecule has 14 nitrogen and oxygen atoms in total. The van der Waals surface area contributed by atoms with Crippen LogP contribution in [0.2, 0.25) is 0 Å². The van der Waals surface area contributed by atoms with Gasteiger partial charge in [0, 0.05) is 41.9 Å². The van der Waals surface area contributed by atoms with E-state index in [9.17, 15) is 29.1 Å². The van der Waals surface area contributed by atoms with Crippen molar-refractivity contribution in [1.29, 1.82) is 10.8 Å². The van der Waals surface area contributed by atoms with Gasteiger partial charge in [0.15, 0.2) is 0 Å². The van der Waals surface area contributed by atoms with Crippen molar-refractivity contribution >= 4 is 53.7 Å². The molecule has 1 heterocycles. The zero-order chi connectivity index (χ0) is 30.1. The van der Waals surface area contributed by atoms with Gasteiger partial charge in [-0.1, -0.05) is 24.3 Å². The highest BCUT2D eigenvalue weighted by Gasteiger charge is 2.37. The molecule has 1 aliphatic rings. The van der Waals surface area contributed by atoms with E-state index in [1.165, 1.54) is 46.2 Å². The topological polar surface area (TPSA) is 236 Å². The van der Waals surface area contributed by atoms with Gasteiger partial charge in [-0.2, -0.15) is 0 Å². The first kappa shape index (κ1) is 33.2. The van der Waals surface area contributed by atoms with Crippen molar-refractivity contribution in [2.75, 3.05) is 32.7 Å². The Kier molecular flexibility index (Phi) is 12.0. The number of hydrogen-bond acceptors (Lipinski definition) is 7. The fourth-order valence-corrected chi connectivity index (χ4v) is 4.30. The molecular weight excluding hydrogens is 568 g/mol. The molecule has 9 N–H and O–H groups in total. The molecule has 1 fully saturated rings. The number of carbonyl (C=O) groups excluding carboxylic acids is 4. The number of nitrogens with one attached hydrogen (secondary N) is 4. The summed E-state index contributed by atoms with van der Waals surface area (Å²) in [5, 5.41) is 29.3. The normalized spacial score (nSPS) is 14.4. The Balaban J connectivity index is 0.00000616. The first-order valence-electron chi connectivity index (χ1n) is 12.7. The molecule has 0 radical (unpaired) electrons. The van der Waals surface area contributed by atoms with E-state index in [-0.39, 0.29) is 68.1 Å². The zero-order valence-corrected chi connectivity index (χ0v) is 23.4. The Morgan fingerprint density at radius 2 is 1.31 bits per heavy atom. The quantitative estimate of drug-likeness (QED) is 0.0970. The maximum atomic E-state index is 13.1. The van der Waals surface area contributed by atoms with Crippen LogP contribution in [0, 0.1) is 10.8 Å². The number of carboxylic acids is 1. The molecule has 1 saturated heterocycles. The van der Waals surface area contributed by atoms with Gasteiger partial charge in [0.05, 0.1) is 6.54 Å². The molecule has 15 heteroatoms. The molecule has 0 aliphatic carbocycles. The van der Waals surface area contributed by atoms with Crippen molar-refractivity contribution in [3.05, 3.63) is 70.8 Å². The molecule has 2 aromatic carbocycles. The number of nitrogens with two attached hydrogens (primary N) is 2. The van der Waals surface area contributed by atoms with Crippen LogP contribution in [0.15, 0.2) is 48.5 Å². The van der Waals surface area contributed by atoms with Gasteiger partial charge >= 0.3 is 5.97 Å². The number of carboxylic acid groups (broad SMARTS) is 1. The second-order valence-corrected chi connectivity index (χ2v) is 9.32. The molecule has 224 valence electrons. The van der Waals surface area contributed by atoms with Gasteiger partial charge in [-0.15, -0.1) is 12.4 Å². The average molecular weight is 601 g/mol. The third-order valence-corrected chi connectivity index (χ3v) is 6.49. The number of halogens is 1. The summed E-state index contributed by atoms with van der Waals surface area (Å²) >= 11 is 0. The third-order valence-electron chi connectivity index (χ3n) is 6.49. The maximum Gasteiger partial charge on any atom is 0.323 e. The monoisotopic (exact) mass is 600 g/mol. The van der Waals surface area contributed by atoms with Crippen LogP contribution in [0.4, 0.5) is 0 Å². The first-order valence-corrected chi connectivity index (χ1v) is 12.7. The summed E-state index contributed by atoms with van der Waals surface area (Å²) in [6, 6.07) is 11.2. The molecule has 2 aromatic rings. The van der Waals surface area contributed by atoms with Crippen LogP contribution < -0.4 is 22.1 Å². The van der Waals surface area contributed by atoms with E-state index in [0.717, 1.165) is 0 Å². The fourth-order valence-electron chi connectivity index (χ4n) is 4.30. The van der Waals surface area contributed by atoms with Gasteiger partial charge in [0.25, 0.3) is 11.8 Å². The van der Waals surface area contributed by atoms with E-state index in [2.05, 4.69) is 10.6 Å². The van der Waals surface area contributed by atoms with E-state index >= 15 is 0 Å². The number of nitrogens with zero attached hydrogens (tertiary/aromatic N) is 2. The minimum absolute atomic E-state index is 0. The Labute approximate surface area is 247 Å². The number of nitrogen functional groups attached to an aromatic ring is 2. The highest BCUT2D eigenvalue weighted by molar-refractivity contribution is 6.00. The molecule has 0 bridgehead atoms. The SMILES string of the molecule is Cl.N=C(N)c1ccc(C(=O)NCCC[C@H]2C(=O)N(CC(=O)O)CCN2C(=O)CNC(=O)c2ccc(C(=N)N)cc2)cc1. The van der Waals surface area contributed by atoms with Crippen LogP contribution in [0.25, 0.3) is 0 Å². The van der Waals surface area contributed by atoms with Crippen molar-refractivity contribution in [3.63, 3.8) is 0 Å². The maximum absolute atomic E-state index is 13.1. The van der Waals surface area contributed by atoms with Gasteiger partial charge in [-0.25, -0.2) is 0 Å². The van der Waals surface area contributed by atoms with Gasteiger partial charge in [0.1, 0.15) is 24.3 Å². The summed E-state index contributed by atoms with van der Waals surface area (Å²) in [5.74, 6) is -3.37. The molecule has 1 atom stereocenters. The van der Waals surface area contributed by atoms with E-state index in [4.69, 9.17) is 22.3 Å². The van der Waals surface area contributed by atoms with E-state index in [1.54, 1.807) is 12.1 Å². The Morgan fingerprint density at radius 1 is 0.833 bits per heavy atom. The third kappa shape index (κ3) is 8.76. The number of piperazine rings is 1. The molecule has 4 amide bonds. The largest absolute Gasteiger partial charge is 0.480 e. The van der Waals surface area contributed by atoms with Crippen molar-refractivity contribution in [1.82, 2.24) is 20.4 Å². The fraction of sp³-hybridized carbons (Fsp3) is 0.296. The molecule has 0 unspecified atom stereocenters. The van der Waals surface area contributed by atoms with Crippen molar-refractivity contribution in [3.8, 4) is 0 Å². The Morgan fingerprint density at radius 3 is 1.79 bits per heavy atom. The molecule has 0 saturated carbocycles. The number of hydrogen-bond donors (Lipinski definition) is 7. The number of amidine groups is 2. The van der Waals surface area contributed by atoms with Gasteiger partial charge in [-0.3, -0.25) is 34.8 Å². The van der Waals surface area contributed by atoms with Crippen molar-refractivity contribution < 1.29 is 29.1 Å². The second kappa shape index (κ2) is 15.1. The lowest BCUT2D eigenvalue weighted by Crippen LogP contribution is -2.60. The molecule has 3 rings (SSSR count). The van der Waals surface area contributed by atoms with Crippen LogP contribution >= 0.6 is 12.4 Å². The number of aliphatic carboxylic acids is 1. The summed E-state index contributed by atoms with van der Waals surface area (Å²) in [4.78, 5) is 64.8. The van der Waals surface area contributed by atoms with Crippen molar-refractivity contribution in [2.45, 2.75) is 18.9 Å². The van der Waals surface area contributed by atoms with Crippen LogP contribution in [-0.2, 0) is 14.4 Å². The summed E-state index contributed by atoms with van der Waals surface area (Å²) in [7, 11) is 0. The molecule has 42 heavy (non-hydrogen) atoms. The van der Waals surface area contributed by atoms with E-state index in [1.807, 2.05) is 0 Å². The van der Waals surface area contributed by atoms with Gasteiger partial charge < -0.3 is 37.0 Å². The average Bonchev–Trinajstić information content (AvgIpc) is 2.95. The standard InChI is InChI=1S/C27H32N8O6.ClH/c28-23(29)16-3-7-18(8-4-16)25(39)32-11-1-2-20-27(41)34(15-22(37)38)12-13-35(20)21(36)14-33-26(40)19-9-5-17(6-10-19)24(30)31;/h3-10,20H,1-2,11-15H2,(H3,28,29)(H3,30,31)(H,32,39)(H,33,40)(H,37,38);1H/t20-;/m0./s1. The highest BCUT2D eigenvalue weighted by atomic mass is 35.5. The summed E-state index contributed by atoms with van der Waals surface area (Å²) in [6.07, 6.45) is 0.470. The number of amides is 4. The molecule has 0 spiro atoms. The number of carbonyl (C=O) groups is 5. The number of benzene rings is 2. The van der Waals surface area contributed by atoms with Crippen LogP contribution in [0.3, 0.4) is 0 Å². The Bertz CT molecular complexity index is 1350. The lowest BCUT2D eigenvalue weighted by molar-refractivity contribution is -0.155. The lowest BCUT2D eigenvalue weighted by atomic mass is 10.0. The van der Waals surface area contributed by atoms with Crippen LogP contribution in [-0.4, -0.2) is 94.9 Å². The molecule has 1 aliphatic heterocycles. The minimum Gasteiger partial charge on any atom is -0.480 e. The summed E-state index contributed by atoms with van der Waals surface area (Å²) < 4.78 is 0.